The third-order valence-corrected chi connectivity index (χ3v) is 8.13. The van der Waals surface area contributed by atoms with Gasteiger partial charge in [0.25, 0.3) is 0 Å². The number of nitrogens with two attached hydrogens (primary N) is 1. The topological polar surface area (TPSA) is 90.0 Å². The van der Waals surface area contributed by atoms with Gasteiger partial charge in [-0.25, -0.2) is 19.5 Å². The molecule has 5 heterocycles. The van der Waals surface area contributed by atoms with Crippen molar-refractivity contribution in [1.82, 2.24) is 15.3 Å². The van der Waals surface area contributed by atoms with Gasteiger partial charge in [-0.05, 0) is 56.7 Å². The Hall–Kier alpha value is -3.20. The van der Waals surface area contributed by atoms with E-state index in [1.54, 1.807) is 18.5 Å². The summed E-state index contributed by atoms with van der Waals surface area (Å²) in [5.41, 5.74) is 4.24. The number of quaternary nitrogens is 1. The second-order valence-corrected chi connectivity index (χ2v) is 10.2. The molecule has 0 spiro atoms. The zero-order valence-electron chi connectivity index (χ0n) is 20.4. The standard InChI is InChI=1S/C28H29FN4O3/c1-35-24-7-6-23-25(33-24)20(21(29)16-30-23)8-9-28-12-10-27(11-13-28,17-36-28)31-15-19-14-18-4-2-3-5-22(18)32-26(19)34/h2-7,14,16,31H,8-13,15,17H2,1H3,(H,32,34)/p+1. The maximum atomic E-state index is 14.8. The van der Waals surface area contributed by atoms with Gasteiger partial charge in [-0.1, -0.05) is 12.1 Å². The number of carbonyl (C=O) groups excluding carboxylic acids is 1. The number of primary amides is 1. The van der Waals surface area contributed by atoms with Crippen molar-refractivity contribution in [2.24, 2.45) is 0 Å². The number of halogens is 1. The first-order valence-corrected chi connectivity index (χ1v) is 12.5. The first kappa shape index (κ1) is 23.2. The van der Waals surface area contributed by atoms with E-state index < -0.39 is 0 Å². The van der Waals surface area contributed by atoms with Crippen molar-refractivity contribution in [3.8, 4) is 5.88 Å². The van der Waals surface area contributed by atoms with E-state index in [1.165, 1.54) is 6.20 Å². The zero-order chi connectivity index (χ0) is 24.8. The maximum Gasteiger partial charge on any atom is 0.344 e. The van der Waals surface area contributed by atoms with Crippen molar-refractivity contribution in [1.29, 1.82) is 0 Å². The van der Waals surface area contributed by atoms with Gasteiger partial charge in [-0.3, -0.25) is 4.98 Å². The Kier molecular flexibility index (Phi) is 5.82. The molecule has 1 amide bonds. The highest BCUT2D eigenvalue weighted by molar-refractivity contribution is 5.96. The van der Waals surface area contributed by atoms with E-state index >= 15 is 0 Å². The number of carbonyl (C=O) groups is 1. The molecule has 36 heavy (non-hydrogen) atoms. The predicted molar refractivity (Wildman–Crippen MR) is 133 cm³/mol. The summed E-state index contributed by atoms with van der Waals surface area (Å²) in [6.45, 7) is 1.13. The predicted octanol–water partition coefficient (Wildman–Crippen LogP) is 3.20. The fourth-order valence-corrected chi connectivity index (χ4v) is 5.78. The molecular formula is C28H30FN4O3+. The average Bonchev–Trinajstić information content (AvgIpc) is 2.92. The highest BCUT2D eigenvalue weighted by Crippen LogP contribution is 2.46. The van der Waals surface area contributed by atoms with Crippen LogP contribution in [0.2, 0.25) is 0 Å². The lowest BCUT2D eigenvalue weighted by Crippen LogP contribution is -2.84. The number of benzene rings is 1. The van der Waals surface area contributed by atoms with Crippen molar-refractivity contribution >= 4 is 28.7 Å². The van der Waals surface area contributed by atoms with Crippen LogP contribution in [-0.2, 0) is 16.0 Å². The van der Waals surface area contributed by atoms with Gasteiger partial charge in [0.1, 0.15) is 11.5 Å². The van der Waals surface area contributed by atoms with Gasteiger partial charge < -0.3 is 14.8 Å². The maximum absolute atomic E-state index is 14.8. The van der Waals surface area contributed by atoms with Crippen molar-refractivity contribution in [3.05, 3.63) is 65.1 Å². The molecule has 2 saturated heterocycles. The van der Waals surface area contributed by atoms with Gasteiger partial charge in [-0.2, -0.15) is 0 Å². The van der Waals surface area contributed by atoms with Crippen molar-refractivity contribution in [3.63, 3.8) is 0 Å². The third-order valence-electron chi connectivity index (χ3n) is 8.13. The SMILES string of the molecule is COc1ccc2ncc(F)c(CCC34CCC(NCC5=Cc6ccccc6[NH2+]C5=O)(CC3)CO4)c2n1. The molecule has 0 atom stereocenters. The summed E-state index contributed by atoms with van der Waals surface area (Å²) in [5, 5.41) is 5.39. The molecular weight excluding hydrogens is 459 g/mol. The van der Waals surface area contributed by atoms with E-state index in [9.17, 15) is 9.18 Å². The minimum atomic E-state index is -0.342. The molecule has 3 aliphatic heterocycles. The number of hydrogen-bond donors (Lipinski definition) is 2. The number of ether oxygens (including phenoxy) is 2. The van der Waals surface area contributed by atoms with Gasteiger partial charge in [0, 0.05) is 35.3 Å². The number of para-hydroxylation sites is 1. The van der Waals surface area contributed by atoms with Gasteiger partial charge >= 0.3 is 5.91 Å². The van der Waals surface area contributed by atoms with Crippen LogP contribution in [0.25, 0.3) is 17.1 Å². The number of aromatic nitrogens is 2. The first-order valence-electron chi connectivity index (χ1n) is 12.5. The Morgan fingerprint density at radius 1 is 1.17 bits per heavy atom. The monoisotopic (exact) mass is 489 g/mol. The highest BCUT2D eigenvalue weighted by Gasteiger charge is 2.49. The molecule has 3 aromatic rings. The Labute approximate surface area is 209 Å². The number of rotatable bonds is 7. The lowest BCUT2D eigenvalue weighted by atomic mass is 9.69. The summed E-state index contributed by atoms with van der Waals surface area (Å²) in [4.78, 5) is 21.3. The van der Waals surface area contributed by atoms with Crippen LogP contribution in [-0.4, -0.2) is 47.3 Å². The summed E-state index contributed by atoms with van der Waals surface area (Å²) in [5.74, 6) is 0.173. The van der Waals surface area contributed by atoms with Crippen LogP contribution in [0.3, 0.4) is 0 Å². The van der Waals surface area contributed by atoms with Gasteiger partial charge in [0.15, 0.2) is 0 Å². The molecule has 0 radical (unpaired) electrons. The van der Waals surface area contributed by atoms with Crippen LogP contribution in [0.4, 0.5) is 10.1 Å². The molecule has 4 aliphatic rings. The second-order valence-electron chi connectivity index (χ2n) is 10.2. The molecule has 1 aromatic carbocycles. The quantitative estimate of drug-likeness (QED) is 0.496. The van der Waals surface area contributed by atoms with Crippen LogP contribution >= 0.6 is 0 Å². The van der Waals surface area contributed by atoms with Gasteiger partial charge in [-0.15, -0.1) is 0 Å². The van der Waals surface area contributed by atoms with E-state index in [1.807, 2.05) is 36.4 Å². The average molecular weight is 490 g/mol. The summed E-state index contributed by atoms with van der Waals surface area (Å²) in [6, 6.07) is 11.5. The molecule has 0 unspecified atom stereocenters. The molecule has 186 valence electrons. The van der Waals surface area contributed by atoms with E-state index in [2.05, 4.69) is 15.3 Å². The van der Waals surface area contributed by atoms with E-state index in [0.29, 0.717) is 42.0 Å². The Bertz CT molecular complexity index is 1350. The van der Waals surface area contributed by atoms with E-state index in [-0.39, 0.29) is 22.9 Å². The van der Waals surface area contributed by atoms with Crippen LogP contribution in [0.1, 0.15) is 43.2 Å². The molecule has 8 heteroatoms. The van der Waals surface area contributed by atoms with Crippen molar-refractivity contribution < 1.29 is 24.0 Å². The number of aryl methyl sites for hydroxylation is 1. The summed E-state index contributed by atoms with van der Waals surface area (Å²) in [6.07, 6.45) is 8.29. The smallest absolute Gasteiger partial charge is 0.344 e. The minimum Gasteiger partial charge on any atom is -0.481 e. The molecule has 7 nitrogen and oxygen atoms in total. The number of methoxy groups -OCH3 is 1. The lowest BCUT2D eigenvalue weighted by molar-refractivity contribution is -0.480. The van der Waals surface area contributed by atoms with Crippen LogP contribution in [0.5, 0.6) is 5.88 Å². The normalized spacial score (nSPS) is 25.1. The number of fused-ring (bicyclic) bond motifs is 5. The van der Waals surface area contributed by atoms with Crippen LogP contribution < -0.4 is 15.4 Å². The Morgan fingerprint density at radius 3 is 2.78 bits per heavy atom. The first-order chi connectivity index (χ1) is 17.5. The number of amides is 1. The summed E-state index contributed by atoms with van der Waals surface area (Å²) >= 11 is 0. The highest BCUT2D eigenvalue weighted by atomic mass is 19.1. The molecule has 7 rings (SSSR count). The second kappa shape index (κ2) is 9.03. The van der Waals surface area contributed by atoms with Crippen molar-refractivity contribution in [2.45, 2.75) is 49.7 Å². The molecule has 3 fully saturated rings. The summed E-state index contributed by atoms with van der Waals surface area (Å²) < 4.78 is 26.5. The number of nitrogens with one attached hydrogen (secondary N) is 1. The Morgan fingerprint density at radius 2 is 2.00 bits per heavy atom. The molecule has 3 N–H and O–H groups in total. The largest absolute Gasteiger partial charge is 0.481 e. The summed E-state index contributed by atoms with van der Waals surface area (Å²) in [7, 11) is 1.55. The zero-order valence-corrected chi connectivity index (χ0v) is 20.4. The minimum absolute atomic E-state index is 0.0660. The van der Waals surface area contributed by atoms with E-state index in [4.69, 9.17) is 9.47 Å². The van der Waals surface area contributed by atoms with Gasteiger partial charge in [0.2, 0.25) is 5.88 Å². The number of pyridine rings is 2. The van der Waals surface area contributed by atoms with E-state index in [0.717, 1.165) is 48.9 Å². The molecule has 2 bridgehead atoms. The van der Waals surface area contributed by atoms with Crippen LogP contribution in [0.15, 0.2) is 48.2 Å². The molecule has 1 aliphatic carbocycles. The molecule has 2 aromatic heterocycles. The van der Waals surface area contributed by atoms with Gasteiger partial charge in [0.05, 0.1) is 42.1 Å². The fourth-order valence-electron chi connectivity index (χ4n) is 5.78. The number of hydrogen-bond acceptors (Lipinski definition) is 6. The number of nitrogens with zero attached hydrogens (tertiary/aromatic N) is 2. The lowest BCUT2D eigenvalue weighted by Gasteiger charge is -2.53. The Balaban J connectivity index is 1.11. The molecule has 1 saturated carbocycles. The van der Waals surface area contributed by atoms with Crippen molar-refractivity contribution in [2.75, 3.05) is 20.3 Å². The fraction of sp³-hybridized carbons (Fsp3) is 0.393. The van der Waals surface area contributed by atoms with Crippen LogP contribution in [0, 0.1) is 5.82 Å². The third kappa shape index (κ3) is 4.19.